The Morgan fingerprint density at radius 3 is 2.67 bits per heavy atom. The molecule has 0 aromatic heterocycles. The number of nitriles is 1. The molecule has 2 N–H and O–H groups in total. The van der Waals surface area contributed by atoms with Crippen LogP contribution in [-0.4, -0.2) is 23.0 Å². The Morgan fingerprint density at radius 2 is 2.05 bits per heavy atom. The lowest BCUT2D eigenvalue weighted by molar-refractivity contribution is -0.141. The molecular weight excluding hydrogens is 268 g/mol. The SMILES string of the molecule is CC(CCCC(C)C(=O)O)NC(=O)c1cccc(C#N)c1. The summed E-state index contributed by atoms with van der Waals surface area (Å²) in [5.41, 5.74) is 0.908. The maximum absolute atomic E-state index is 12.0. The summed E-state index contributed by atoms with van der Waals surface area (Å²) in [6.45, 7) is 3.57. The maximum Gasteiger partial charge on any atom is 0.306 e. The van der Waals surface area contributed by atoms with Gasteiger partial charge in [0.1, 0.15) is 0 Å². The van der Waals surface area contributed by atoms with Gasteiger partial charge in [-0.2, -0.15) is 5.26 Å². The minimum atomic E-state index is -0.792. The topological polar surface area (TPSA) is 90.2 Å². The molecule has 0 radical (unpaired) electrons. The van der Waals surface area contributed by atoms with Gasteiger partial charge in [-0.15, -0.1) is 0 Å². The van der Waals surface area contributed by atoms with Crippen molar-refractivity contribution >= 4 is 11.9 Å². The number of aliphatic carboxylic acids is 1. The zero-order valence-electron chi connectivity index (χ0n) is 12.3. The van der Waals surface area contributed by atoms with Crippen LogP contribution >= 0.6 is 0 Å². The van der Waals surface area contributed by atoms with E-state index in [0.717, 1.165) is 12.8 Å². The van der Waals surface area contributed by atoms with Gasteiger partial charge in [-0.3, -0.25) is 9.59 Å². The van der Waals surface area contributed by atoms with Crippen LogP contribution in [0.1, 0.15) is 49.0 Å². The van der Waals surface area contributed by atoms with Gasteiger partial charge in [0, 0.05) is 11.6 Å². The Kier molecular flexibility index (Phi) is 6.41. The van der Waals surface area contributed by atoms with E-state index in [4.69, 9.17) is 10.4 Å². The van der Waals surface area contributed by atoms with Crippen molar-refractivity contribution in [2.24, 2.45) is 5.92 Å². The fourth-order valence-corrected chi connectivity index (χ4v) is 1.96. The van der Waals surface area contributed by atoms with E-state index in [0.29, 0.717) is 17.5 Å². The van der Waals surface area contributed by atoms with E-state index in [1.54, 1.807) is 31.2 Å². The molecule has 2 atom stereocenters. The Morgan fingerprint density at radius 1 is 1.33 bits per heavy atom. The molecule has 21 heavy (non-hydrogen) atoms. The number of nitrogens with zero attached hydrogens (tertiary/aromatic N) is 1. The van der Waals surface area contributed by atoms with Crippen LogP contribution in [0.25, 0.3) is 0 Å². The van der Waals surface area contributed by atoms with Gasteiger partial charge in [-0.05, 0) is 38.0 Å². The molecule has 0 spiro atoms. The third-order valence-electron chi connectivity index (χ3n) is 3.33. The second-order valence-corrected chi connectivity index (χ2v) is 5.24. The molecule has 5 heteroatoms. The second kappa shape index (κ2) is 8.05. The zero-order chi connectivity index (χ0) is 15.8. The number of rotatable bonds is 7. The largest absolute Gasteiger partial charge is 0.481 e. The van der Waals surface area contributed by atoms with Crippen molar-refractivity contribution in [3.05, 3.63) is 35.4 Å². The molecule has 0 aliphatic heterocycles. The average Bonchev–Trinajstić information content (AvgIpc) is 2.46. The molecule has 0 fully saturated rings. The summed E-state index contributed by atoms with van der Waals surface area (Å²) in [5, 5.41) is 20.5. The summed E-state index contributed by atoms with van der Waals surface area (Å²) in [7, 11) is 0. The van der Waals surface area contributed by atoms with Crippen LogP contribution in [0.4, 0.5) is 0 Å². The molecule has 0 aliphatic rings. The third-order valence-corrected chi connectivity index (χ3v) is 3.33. The summed E-state index contributed by atoms with van der Waals surface area (Å²) in [5.74, 6) is -1.37. The number of benzene rings is 1. The third kappa shape index (κ3) is 5.65. The first kappa shape index (κ1) is 16.7. The van der Waals surface area contributed by atoms with Crippen molar-refractivity contribution in [2.45, 2.75) is 39.2 Å². The standard InChI is InChI=1S/C16H20N2O3/c1-11(16(20)21)5-3-6-12(2)18-15(19)14-8-4-7-13(9-14)10-17/h4,7-9,11-12H,3,5-6H2,1-2H3,(H,18,19)(H,20,21). The fourth-order valence-electron chi connectivity index (χ4n) is 1.96. The highest BCUT2D eigenvalue weighted by atomic mass is 16.4. The minimum Gasteiger partial charge on any atom is -0.481 e. The number of carboxylic acids is 1. The van der Waals surface area contributed by atoms with E-state index in [2.05, 4.69) is 5.32 Å². The van der Waals surface area contributed by atoms with Crippen LogP contribution in [0.2, 0.25) is 0 Å². The molecule has 0 aliphatic carbocycles. The van der Waals surface area contributed by atoms with E-state index in [1.165, 1.54) is 0 Å². The first-order valence-electron chi connectivity index (χ1n) is 6.98. The van der Waals surface area contributed by atoms with Crippen molar-refractivity contribution in [2.75, 3.05) is 0 Å². The van der Waals surface area contributed by atoms with Gasteiger partial charge in [0.05, 0.1) is 17.6 Å². The van der Waals surface area contributed by atoms with E-state index in [9.17, 15) is 9.59 Å². The van der Waals surface area contributed by atoms with E-state index in [1.807, 2.05) is 13.0 Å². The molecule has 1 amide bonds. The lowest BCUT2D eigenvalue weighted by Crippen LogP contribution is -2.32. The predicted octanol–water partition coefficient (Wildman–Crippen LogP) is 2.57. The van der Waals surface area contributed by atoms with Crippen molar-refractivity contribution in [3.63, 3.8) is 0 Å². The van der Waals surface area contributed by atoms with Gasteiger partial charge in [0.25, 0.3) is 5.91 Å². The highest BCUT2D eigenvalue weighted by Gasteiger charge is 2.13. The number of carbonyl (C=O) groups is 2. The highest BCUT2D eigenvalue weighted by molar-refractivity contribution is 5.94. The van der Waals surface area contributed by atoms with Crippen molar-refractivity contribution in [1.29, 1.82) is 5.26 Å². The average molecular weight is 288 g/mol. The van der Waals surface area contributed by atoms with Crippen LogP contribution in [-0.2, 0) is 4.79 Å². The van der Waals surface area contributed by atoms with Crippen LogP contribution < -0.4 is 5.32 Å². The van der Waals surface area contributed by atoms with Crippen LogP contribution in [0.5, 0.6) is 0 Å². The molecule has 0 saturated carbocycles. The lowest BCUT2D eigenvalue weighted by Gasteiger charge is -2.14. The van der Waals surface area contributed by atoms with E-state index >= 15 is 0 Å². The summed E-state index contributed by atoms with van der Waals surface area (Å²) in [4.78, 5) is 22.7. The normalized spacial score (nSPS) is 13.0. The summed E-state index contributed by atoms with van der Waals surface area (Å²) < 4.78 is 0. The van der Waals surface area contributed by atoms with Gasteiger partial charge in [-0.25, -0.2) is 0 Å². The Hall–Kier alpha value is -2.35. The number of nitrogens with one attached hydrogen (secondary N) is 1. The molecule has 1 aromatic rings. The van der Waals surface area contributed by atoms with Crippen LogP contribution in [0.3, 0.4) is 0 Å². The quantitative estimate of drug-likeness (QED) is 0.806. The second-order valence-electron chi connectivity index (χ2n) is 5.24. The smallest absolute Gasteiger partial charge is 0.306 e. The van der Waals surface area contributed by atoms with Crippen molar-refractivity contribution in [3.8, 4) is 6.07 Å². The van der Waals surface area contributed by atoms with Gasteiger partial charge in [0.15, 0.2) is 0 Å². The Bertz CT molecular complexity index is 549. The van der Waals surface area contributed by atoms with Crippen molar-refractivity contribution < 1.29 is 14.7 Å². The van der Waals surface area contributed by atoms with Crippen molar-refractivity contribution in [1.82, 2.24) is 5.32 Å². The summed E-state index contributed by atoms with van der Waals surface area (Å²) in [6, 6.07) is 8.49. The first-order chi connectivity index (χ1) is 9.93. The Balaban J connectivity index is 2.43. The number of carboxylic acid groups (broad SMARTS) is 1. The summed E-state index contributed by atoms with van der Waals surface area (Å²) in [6.07, 6.45) is 2.06. The predicted molar refractivity (Wildman–Crippen MR) is 78.7 cm³/mol. The molecule has 1 rings (SSSR count). The van der Waals surface area contributed by atoms with Gasteiger partial charge >= 0.3 is 5.97 Å². The molecule has 0 bridgehead atoms. The van der Waals surface area contributed by atoms with E-state index in [-0.39, 0.29) is 17.9 Å². The molecule has 0 heterocycles. The van der Waals surface area contributed by atoms with Gasteiger partial charge < -0.3 is 10.4 Å². The minimum absolute atomic E-state index is 0.0377. The lowest BCUT2D eigenvalue weighted by atomic mass is 10.0. The fraction of sp³-hybridized carbons (Fsp3) is 0.438. The van der Waals surface area contributed by atoms with Crippen LogP contribution in [0.15, 0.2) is 24.3 Å². The van der Waals surface area contributed by atoms with E-state index < -0.39 is 5.97 Å². The molecule has 112 valence electrons. The monoisotopic (exact) mass is 288 g/mol. The summed E-state index contributed by atoms with van der Waals surface area (Å²) >= 11 is 0. The van der Waals surface area contributed by atoms with Gasteiger partial charge in [0.2, 0.25) is 0 Å². The van der Waals surface area contributed by atoms with Crippen LogP contribution in [0, 0.1) is 17.2 Å². The molecular formula is C16H20N2O3. The highest BCUT2D eigenvalue weighted by Crippen LogP contribution is 2.10. The zero-order valence-corrected chi connectivity index (χ0v) is 12.3. The number of carbonyl (C=O) groups excluding carboxylic acids is 1. The molecule has 0 saturated heterocycles. The number of hydrogen-bond acceptors (Lipinski definition) is 3. The number of amides is 1. The maximum atomic E-state index is 12.0. The first-order valence-corrected chi connectivity index (χ1v) is 6.98. The Labute approximate surface area is 124 Å². The molecule has 1 aromatic carbocycles. The van der Waals surface area contributed by atoms with Gasteiger partial charge in [-0.1, -0.05) is 19.4 Å². The number of hydrogen-bond donors (Lipinski definition) is 2. The molecule has 5 nitrogen and oxygen atoms in total. The molecule has 2 unspecified atom stereocenters.